The van der Waals surface area contributed by atoms with Crippen molar-refractivity contribution in [3.8, 4) is 0 Å². The molecule has 0 unspecified atom stereocenters. The van der Waals surface area contributed by atoms with E-state index in [1.807, 2.05) is 55.5 Å². The smallest absolute Gasteiger partial charge is 0.111 e. The van der Waals surface area contributed by atoms with Crippen molar-refractivity contribution in [1.29, 1.82) is 0 Å². The van der Waals surface area contributed by atoms with Crippen molar-refractivity contribution in [2.45, 2.75) is 6.92 Å². The highest BCUT2D eigenvalue weighted by Crippen LogP contribution is 2.15. The Morgan fingerprint density at radius 1 is 1.26 bits per heavy atom. The lowest BCUT2D eigenvalue weighted by Crippen LogP contribution is -1.79. The van der Waals surface area contributed by atoms with Gasteiger partial charge in [0.25, 0.3) is 0 Å². The average molecular weight is 253 g/mol. The van der Waals surface area contributed by atoms with Crippen LogP contribution in [-0.2, 0) is 4.74 Å². The van der Waals surface area contributed by atoms with E-state index in [0.717, 1.165) is 16.8 Å². The van der Waals surface area contributed by atoms with Crippen LogP contribution in [0.5, 0.6) is 0 Å². The van der Waals surface area contributed by atoms with Gasteiger partial charge in [-0.25, -0.2) is 0 Å². The molecule has 98 valence electrons. The second-order valence-electron chi connectivity index (χ2n) is 3.93. The fourth-order valence-corrected chi connectivity index (χ4v) is 1.38. The van der Waals surface area contributed by atoms with Gasteiger partial charge >= 0.3 is 0 Å². The predicted octanol–water partition coefficient (Wildman–Crippen LogP) is 4.69. The number of rotatable bonds is 6. The van der Waals surface area contributed by atoms with E-state index in [0.29, 0.717) is 5.76 Å². The van der Waals surface area contributed by atoms with Gasteiger partial charge in [-0.1, -0.05) is 43.5 Å². The Labute approximate surface area is 115 Å². The summed E-state index contributed by atoms with van der Waals surface area (Å²) in [5.74, 6) is 0.621. The lowest BCUT2D eigenvalue weighted by molar-refractivity contribution is 0.309. The van der Waals surface area contributed by atoms with E-state index in [9.17, 15) is 0 Å². The zero-order valence-corrected chi connectivity index (χ0v) is 11.5. The zero-order chi connectivity index (χ0) is 14.1. The third-order valence-electron chi connectivity index (χ3n) is 2.35. The standard InChI is InChI=1S/C17H19NO/c1-5-7-14(2)13-18-17-9-6-8-16(12-17)11-10-15(3)19-4/h5-13H,2-3H2,1,4H3/b7-5-,11-10+,18-13+. The predicted molar refractivity (Wildman–Crippen MR) is 83.7 cm³/mol. The van der Waals surface area contributed by atoms with Crippen LogP contribution in [0.15, 0.2) is 72.0 Å². The topological polar surface area (TPSA) is 21.6 Å². The van der Waals surface area contributed by atoms with Crippen LogP contribution in [-0.4, -0.2) is 13.3 Å². The maximum absolute atomic E-state index is 4.98. The largest absolute Gasteiger partial charge is 0.497 e. The Morgan fingerprint density at radius 2 is 2.05 bits per heavy atom. The molecule has 1 aromatic carbocycles. The van der Waals surface area contributed by atoms with Crippen LogP contribution in [0.25, 0.3) is 6.08 Å². The number of benzene rings is 1. The first-order valence-corrected chi connectivity index (χ1v) is 6.02. The maximum atomic E-state index is 4.98. The summed E-state index contributed by atoms with van der Waals surface area (Å²) in [4.78, 5) is 4.37. The lowest BCUT2D eigenvalue weighted by Gasteiger charge is -1.98. The van der Waals surface area contributed by atoms with Gasteiger partial charge in [0, 0.05) is 6.21 Å². The zero-order valence-electron chi connectivity index (χ0n) is 11.5. The van der Waals surface area contributed by atoms with Gasteiger partial charge in [0.05, 0.1) is 12.8 Å². The van der Waals surface area contributed by atoms with Gasteiger partial charge in [-0.3, -0.25) is 4.99 Å². The van der Waals surface area contributed by atoms with Crippen molar-refractivity contribution in [2.75, 3.05) is 7.11 Å². The Morgan fingerprint density at radius 3 is 2.74 bits per heavy atom. The quantitative estimate of drug-likeness (QED) is 0.409. The van der Waals surface area contributed by atoms with E-state index >= 15 is 0 Å². The van der Waals surface area contributed by atoms with E-state index in [2.05, 4.69) is 18.2 Å². The van der Waals surface area contributed by atoms with Crippen LogP contribution in [0.2, 0.25) is 0 Å². The van der Waals surface area contributed by atoms with Gasteiger partial charge in [0.15, 0.2) is 0 Å². The average Bonchev–Trinajstić information content (AvgIpc) is 2.43. The van der Waals surface area contributed by atoms with Crippen molar-refractivity contribution in [1.82, 2.24) is 0 Å². The number of ether oxygens (including phenoxy) is 1. The molecule has 1 aromatic rings. The summed E-state index contributed by atoms with van der Waals surface area (Å²) in [6.07, 6.45) is 9.35. The molecule has 2 heteroatoms. The summed E-state index contributed by atoms with van der Waals surface area (Å²) in [7, 11) is 1.60. The summed E-state index contributed by atoms with van der Waals surface area (Å²) >= 11 is 0. The Hall–Kier alpha value is -2.35. The molecule has 0 radical (unpaired) electrons. The third kappa shape index (κ3) is 5.68. The van der Waals surface area contributed by atoms with Crippen molar-refractivity contribution in [2.24, 2.45) is 4.99 Å². The summed E-state index contributed by atoms with van der Waals surface area (Å²) in [6, 6.07) is 7.89. The minimum atomic E-state index is 0.621. The Bertz CT molecular complexity index is 536. The first-order valence-electron chi connectivity index (χ1n) is 6.02. The van der Waals surface area contributed by atoms with Crippen LogP contribution in [0.3, 0.4) is 0 Å². The van der Waals surface area contributed by atoms with Gasteiger partial charge in [-0.05, 0) is 36.3 Å². The van der Waals surface area contributed by atoms with Crippen molar-refractivity contribution in [3.05, 3.63) is 72.5 Å². The molecule has 0 N–H and O–H groups in total. The Kier molecular flexibility index (Phi) is 6.10. The van der Waals surface area contributed by atoms with Gasteiger partial charge in [0.1, 0.15) is 5.76 Å². The number of aliphatic imine (C=N–C) groups is 1. The van der Waals surface area contributed by atoms with E-state index in [1.54, 1.807) is 13.3 Å². The molecule has 0 aliphatic rings. The van der Waals surface area contributed by atoms with Crippen molar-refractivity contribution < 1.29 is 4.74 Å². The first-order chi connectivity index (χ1) is 9.15. The minimum absolute atomic E-state index is 0.621. The normalized spacial score (nSPS) is 11.5. The molecular formula is C17H19NO. The van der Waals surface area contributed by atoms with Crippen LogP contribution >= 0.6 is 0 Å². The molecule has 0 saturated heterocycles. The molecule has 0 bridgehead atoms. The minimum Gasteiger partial charge on any atom is -0.497 e. The number of hydrogen-bond donors (Lipinski definition) is 0. The van der Waals surface area contributed by atoms with E-state index in [-0.39, 0.29) is 0 Å². The van der Waals surface area contributed by atoms with Crippen LogP contribution in [0.1, 0.15) is 12.5 Å². The molecule has 0 heterocycles. The van der Waals surface area contributed by atoms with E-state index in [1.165, 1.54) is 0 Å². The molecule has 0 fully saturated rings. The maximum Gasteiger partial charge on any atom is 0.111 e. The number of nitrogens with zero attached hydrogens (tertiary/aromatic N) is 1. The lowest BCUT2D eigenvalue weighted by atomic mass is 10.2. The Balaban J connectivity index is 2.80. The van der Waals surface area contributed by atoms with E-state index in [4.69, 9.17) is 4.74 Å². The van der Waals surface area contributed by atoms with E-state index < -0.39 is 0 Å². The molecule has 0 atom stereocenters. The summed E-state index contributed by atoms with van der Waals surface area (Å²) in [6.45, 7) is 9.56. The molecule has 19 heavy (non-hydrogen) atoms. The highest BCUT2D eigenvalue weighted by Gasteiger charge is 1.91. The fraction of sp³-hybridized carbons (Fsp3) is 0.118. The van der Waals surface area contributed by atoms with Crippen LogP contribution < -0.4 is 0 Å². The summed E-state index contributed by atoms with van der Waals surface area (Å²) in [5, 5.41) is 0. The monoisotopic (exact) mass is 253 g/mol. The van der Waals surface area contributed by atoms with Gasteiger partial charge in [0.2, 0.25) is 0 Å². The molecule has 0 amide bonds. The van der Waals surface area contributed by atoms with Crippen molar-refractivity contribution in [3.63, 3.8) is 0 Å². The molecule has 0 spiro atoms. The molecule has 0 saturated carbocycles. The third-order valence-corrected chi connectivity index (χ3v) is 2.35. The SMILES string of the molecule is C=C(/C=C\C)/C=N/c1cccc(/C=C/C(=C)OC)c1. The summed E-state index contributed by atoms with van der Waals surface area (Å²) in [5.41, 5.74) is 2.80. The van der Waals surface area contributed by atoms with Gasteiger partial charge in [-0.2, -0.15) is 0 Å². The molecule has 0 aromatic heterocycles. The van der Waals surface area contributed by atoms with Gasteiger partial charge in [-0.15, -0.1) is 0 Å². The number of allylic oxidation sites excluding steroid dienone is 4. The molecule has 0 aliphatic heterocycles. The van der Waals surface area contributed by atoms with Crippen LogP contribution in [0, 0.1) is 0 Å². The highest BCUT2D eigenvalue weighted by molar-refractivity contribution is 5.83. The number of hydrogen-bond acceptors (Lipinski definition) is 2. The molecule has 2 nitrogen and oxygen atoms in total. The molecule has 1 rings (SSSR count). The van der Waals surface area contributed by atoms with Gasteiger partial charge < -0.3 is 4.74 Å². The fourth-order valence-electron chi connectivity index (χ4n) is 1.38. The summed E-state index contributed by atoms with van der Waals surface area (Å²) < 4.78 is 4.98. The second-order valence-corrected chi connectivity index (χ2v) is 3.93. The molecular weight excluding hydrogens is 234 g/mol. The second kappa shape index (κ2) is 7.88. The molecule has 0 aliphatic carbocycles. The van der Waals surface area contributed by atoms with Crippen molar-refractivity contribution >= 4 is 18.0 Å². The first kappa shape index (κ1) is 14.7. The number of methoxy groups -OCH3 is 1. The van der Waals surface area contributed by atoms with Crippen LogP contribution in [0.4, 0.5) is 5.69 Å². The highest BCUT2D eigenvalue weighted by atomic mass is 16.5.